The summed E-state index contributed by atoms with van der Waals surface area (Å²) in [5, 5.41) is 8.52. The molecule has 4 aromatic carbocycles. The molecular formula is C35H35N3O6S. The largest absolute Gasteiger partial charge is 0.493 e. The van der Waals surface area contributed by atoms with Gasteiger partial charge in [-0.1, -0.05) is 30.3 Å². The summed E-state index contributed by atoms with van der Waals surface area (Å²) >= 11 is 1.34. The van der Waals surface area contributed by atoms with Crippen LogP contribution in [0, 0.1) is 13.8 Å². The molecule has 3 N–H and O–H groups in total. The molecule has 0 aromatic heterocycles. The molecule has 0 fully saturated rings. The highest BCUT2D eigenvalue weighted by Gasteiger charge is 2.18. The van der Waals surface area contributed by atoms with Crippen LogP contribution in [0.15, 0.2) is 95.5 Å². The number of rotatable bonds is 12. The molecule has 4 rings (SSSR count). The summed E-state index contributed by atoms with van der Waals surface area (Å²) < 4.78 is 16.3. The number of carbonyl (C=O) groups is 3. The standard InChI is InChI=1S/C35H35N3O6S/c1-22-14-23(2)16-27(15-22)36-32(39)21-45-28-13-9-12-26(20-28)37-35(41)29(38-34(40)25-10-7-6-8-11-25)17-24-18-30(42-3)33(44-5)31(19-24)43-4/h6-20H,21H2,1-5H3,(H,36,39)(H,37,41)(H,38,40)/b29-17+. The van der Waals surface area contributed by atoms with Gasteiger partial charge in [0.25, 0.3) is 11.8 Å². The Labute approximate surface area is 267 Å². The highest BCUT2D eigenvalue weighted by atomic mass is 32.2. The highest BCUT2D eigenvalue weighted by molar-refractivity contribution is 8.00. The number of thioether (sulfide) groups is 1. The Bertz CT molecular complexity index is 1680. The van der Waals surface area contributed by atoms with E-state index in [1.54, 1.807) is 60.7 Å². The number of aryl methyl sites for hydroxylation is 2. The fourth-order valence-corrected chi connectivity index (χ4v) is 5.30. The molecule has 0 radical (unpaired) electrons. The fourth-order valence-electron chi connectivity index (χ4n) is 4.55. The number of ether oxygens (including phenoxy) is 3. The third-order valence-electron chi connectivity index (χ3n) is 6.49. The van der Waals surface area contributed by atoms with Crippen LogP contribution in [0.5, 0.6) is 17.2 Å². The molecule has 0 aliphatic carbocycles. The van der Waals surface area contributed by atoms with E-state index in [0.29, 0.717) is 34.1 Å². The van der Waals surface area contributed by atoms with Crippen LogP contribution < -0.4 is 30.2 Å². The van der Waals surface area contributed by atoms with Crippen LogP contribution in [0.3, 0.4) is 0 Å². The van der Waals surface area contributed by atoms with Crippen molar-refractivity contribution in [3.8, 4) is 17.2 Å². The maximum absolute atomic E-state index is 13.6. The number of benzene rings is 4. The topological polar surface area (TPSA) is 115 Å². The van der Waals surface area contributed by atoms with Crippen LogP contribution in [0.4, 0.5) is 11.4 Å². The Hall–Kier alpha value is -5.22. The molecule has 0 unspecified atom stereocenters. The fraction of sp³-hybridized carbons (Fsp3) is 0.171. The van der Waals surface area contributed by atoms with Crippen molar-refractivity contribution >= 4 is 46.9 Å². The van der Waals surface area contributed by atoms with Crippen LogP contribution in [0.1, 0.15) is 27.0 Å². The molecule has 10 heteroatoms. The number of hydrogen-bond donors (Lipinski definition) is 3. The van der Waals surface area contributed by atoms with E-state index in [-0.39, 0.29) is 17.4 Å². The van der Waals surface area contributed by atoms with Gasteiger partial charge in [-0.25, -0.2) is 0 Å². The minimum absolute atomic E-state index is 0.0102. The molecule has 232 valence electrons. The van der Waals surface area contributed by atoms with E-state index in [2.05, 4.69) is 16.0 Å². The van der Waals surface area contributed by atoms with Gasteiger partial charge < -0.3 is 30.2 Å². The van der Waals surface area contributed by atoms with Crippen LogP contribution in [-0.2, 0) is 9.59 Å². The zero-order valence-electron chi connectivity index (χ0n) is 25.7. The Balaban J connectivity index is 1.54. The summed E-state index contributed by atoms with van der Waals surface area (Å²) in [7, 11) is 4.49. The predicted molar refractivity (Wildman–Crippen MR) is 178 cm³/mol. The van der Waals surface area contributed by atoms with E-state index < -0.39 is 11.8 Å². The van der Waals surface area contributed by atoms with Crippen LogP contribution in [-0.4, -0.2) is 44.8 Å². The number of hydrogen-bond acceptors (Lipinski definition) is 7. The average Bonchev–Trinajstić information content (AvgIpc) is 3.03. The predicted octanol–water partition coefficient (Wildman–Crippen LogP) is 6.47. The Morgan fingerprint density at radius 3 is 2.02 bits per heavy atom. The van der Waals surface area contributed by atoms with Crippen LogP contribution in [0.2, 0.25) is 0 Å². The maximum atomic E-state index is 13.6. The van der Waals surface area contributed by atoms with Gasteiger partial charge >= 0.3 is 0 Å². The molecule has 0 saturated heterocycles. The van der Waals surface area contributed by atoms with Crippen molar-refractivity contribution < 1.29 is 28.6 Å². The molecule has 0 spiro atoms. The summed E-state index contributed by atoms with van der Waals surface area (Å²) in [6.07, 6.45) is 1.52. The third-order valence-corrected chi connectivity index (χ3v) is 7.49. The molecule has 3 amide bonds. The molecule has 45 heavy (non-hydrogen) atoms. The lowest BCUT2D eigenvalue weighted by Crippen LogP contribution is -2.30. The summed E-state index contributed by atoms with van der Waals surface area (Å²) in [6, 6.07) is 24.9. The number of nitrogens with one attached hydrogen (secondary N) is 3. The van der Waals surface area contributed by atoms with Gasteiger partial charge in [0.15, 0.2) is 11.5 Å². The zero-order chi connectivity index (χ0) is 32.3. The minimum Gasteiger partial charge on any atom is -0.493 e. The number of methoxy groups -OCH3 is 3. The average molecular weight is 626 g/mol. The first-order valence-corrected chi connectivity index (χ1v) is 15.0. The van der Waals surface area contributed by atoms with Gasteiger partial charge in [-0.15, -0.1) is 11.8 Å². The molecule has 0 heterocycles. The first-order valence-electron chi connectivity index (χ1n) is 14.0. The second kappa shape index (κ2) is 15.5. The lowest BCUT2D eigenvalue weighted by molar-refractivity contribution is -0.114. The van der Waals surface area contributed by atoms with Crippen molar-refractivity contribution in [3.63, 3.8) is 0 Å². The zero-order valence-corrected chi connectivity index (χ0v) is 26.5. The van der Waals surface area contributed by atoms with Crippen molar-refractivity contribution in [2.45, 2.75) is 18.7 Å². The van der Waals surface area contributed by atoms with E-state index in [1.807, 2.05) is 38.1 Å². The SMILES string of the molecule is COc1cc(/C=C(/NC(=O)c2ccccc2)C(=O)Nc2cccc(SCC(=O)Nc3cc(C)cc(C)c3)c2)cc(OC)c1OC. The normalized spacial score (nSPS) is 10.9. The molecule has 9 nitrogen and oxygen atoms in total. The maximum Gasteiger partial charge on any atom is 0.272 e. The number of carbonyl (C=O) groups excluding carboxylic acids is 3. The van der Waals surface area contributed by atoms with Crippen molar-refractivity contribution in [2.75, 3.05) is 37.7 Å². The van der Waals surface area contributed by atoms with Gasteiger partial charge in [-0.3, -0.25) is 14.4 Å². The monoisotopic (exact) mass is 625 g/mol. The molecule has 0 saturated carbocycles. The Morgan fingerprint density at radius 2 is 1.40 bits per heavy atom. The third kappa shape index (κ3) is 9.14. The minimum atomic E-state index is -0.553. The smallest absolute Gasteiger partial charge is 0.272 e. The summed E-state index contributed by atoms with van der Waals surface area (Å²) in [6.45, 7) is 3.96. The van der Waals surface area contributed by atoms with E-state index >= 15 is 0 Å². The van der Waals surface area contributed by atoms with Gasteiger partial charge in [0.2, 0.25) is 11.7 Å². The lowest BCUT2D eigenvalue weighted by atomic mass is 10.1. The van der Waals surface area contributed by atoms with Crippen LogP contribution >= 0.6 is 11.8 Å². The number of anilines is 2. The Morgan fingerprint density at radius 1 is 0.733 bits per heavy atom. The van der Waals surface area contributed by atoms with Gasteiger partial charge in [-0.2, -0.15) is 0 Å². The van der Waals surface area contributed by atoms with E-state index in [0.717, 1.165) is 21.7 Å². The van der Waals surface area contributed by atoms with Crippen molar-refractivity contribution in [2.24, 2.45) is 0 Å². The van der Waals surface area contributed by atoms with E-state index in [4.69, 9.17) is 14.2 Å². The molecule has 0 aliphatic rings. The van der Waals surface area contributed by atoms with Crippen LogP contribution in [0.25, 0.3) is 6.08 Å². The second-order valence-corrected chi connectivity index (χ2v) is 11.1. The first kappa shape index (κ1) is 32.7. The van der Waals surface area contributed by atoms with E-state index in [9.17, 15) is 14.4 Å². The summed E-state index contributed by atoms with van der Waals surface area (Å²) in [4.78, 5) is 40.1. The van der Waals surface area contributed by atoms with Gasteiger partial charge in [-0.05, 0) is 91.2 Å². The molecule has 0 aliphatic heterocycles. The van der Waals surface area contributed by atoms with Crippen molar-refractivity contribution in [3.05, 3.63) is 113 Å². The molecular weight excluding hydrogens is 590 g/mol. The summed E-state index contributed by atoms with van der Waals surface area (Å²) in [5.41, 5.74) is 4.29. The number of amides is 3. The van der Waals surface area contributed by atoms with Gasteiger partial charge in [0, 0.05) is 21.8 Å². The summed E-state index contributed by atoms with van der Waals surface area (Å²) in [5.74, 6) is 0.217. The van der Waals surface area contributed by atoms with Crippen molar-refractivity contribution in [1.29, 1.82) is 0 Å². The quantitative estimate of drug-likeness (QED) is 0.122. The molecule has 4 aromatic rings. The van der Waals surface area contributed by atoms with Gasteiger partial charge in [0.05, 0.1) is 27.1 Å². The second-order valence-electron chi connectivity index (χ2n) is 10.0. The highest BCUT2D eigenvalue weighted by Crippen LogP contribution is 2.38. The molecule has 0 bridgehead atoms. The Kier molecular flexibility index (Phi) is 11.3. The van der Waals surface area contributed by atoms with Crippen molar-refractivity contribution in [1.82, 2.24) is 5.32 Å². The first-order chi connectivity index (χ1) is 21.7. The molecule has 0 atom stereocenters. The van der Waals surface area contributed by atoms with E-state index in [1.165, 1.54) is 39.2 Å². The van der Waals surface area contributed by atoms with Gasteiger partial charge in [0.1, 0.15) is 5.70 Å². The lowest BCUT2D eigenvalue weighted by Gasteiger charge is -2.15.